The molecule has 0 aliphatic carbocycles. The summed E-state index contributed by atoms with van der Waals surface area (Å²) in [6, 6.07) is 6.74. The molecule has 0 saturated carbocycles. The first-order valence-corrected chi connectivity index (χ1v) is 8.51. The quantitative estimate of drug-likeness (QED) is 0.829. The molecule has 0 amide bonds. The molecule has 0 aliphatic heterocycles. The third-order valence-corrected chi connectivity index (χ3v) is 5.14. The summed E-state index contributed by atoms with van der Waals surface area (Å²) in [7, 11) is -0.780. The molecule has 0 spiro atoms. The highest BCUT2D eigenvalue weighted by atomic mass is 32.2. The van der Waals surface area contributed by atoms with Crippen LogP contribution in [0.5, 0.6) is 0 Å². The van der Waals surface area contributed by atoms with Crippen LogP contribution in [-0.4, -0.2) is 21.8 Å². The number of nitrogens with one attached hydrogen (secondary N) is 1. The number of rotatable bonds is 7. The summed E-state index contributed by atoms with van der Waals surface area (Å²) in [4.78, 5) is 0. The van der Waals surface area contributed by atoms with Gasteiger partial charge in [-0.25, -0.2) is 0 Å². The zero-order valence-electron chi connectivity index (χ0n) is 12.8. The highest BCUT2D eigenvalue weighted by molar-refractivity contribution is 7.85. The summed E-state index contributed by atoms with van der Waals surface area (Å²) in [6.07, 6.45) is 1.09. The lowest BCUT2D eigenvalue weighted by atomic mass is 10.0. The number of hydrogen-bond donors (Lipinski definition) is 1. The van der Waals surface area contributed by atoms with Gasteiger partial charge in [0.2, 0.25) is 0 Å². The smallest absolute Gasteiger partial charge is 0.0437 e. The zero-order valence-corrected chi connectivity index (χ0v) is 13.6. The topological polar surface area (TPSA) is 29.1 Å². The molecule has 0 bridgehead atoms. The number of aryl methyl sites for hydroxylation is 2. The predicted octanol–water partition coefficient (Wildman–Crippen LogP) is 3.50. The Kier molecular flexibility index (Phi) is 6.73. The molecule has 19 heavy (non-hydrogen) atoms. The molecule has 2 nitrogen and oxygen atoms in total. The Hall–Kier alpha value is -0.670. The van der Waals surface area contributed by atoms with Gasteiger partial charge in [-0.3, -0.25) is 4.21 Å². The van der Waals surface area contributed by atoms with Crippen LogP contribution >= 0.6 is 0 Å². The number of benzene rings is 1. The molecule has 1 aromatic rings. The summed E-state index contributed by atoms with van der Waals surface area (Å²) in [5.74, 6) is 0.695. The van der Waals surface area contributed by atoms with Crippen molar-refractivity contribution in [2.45, 2.75) is 52.3 Å². The maximum atomic E-state index is 12.1. The van der Waals surface area contributed by atoms with Crippen LogP contribution in [0.3, 0.4) is 0 Å². The van der Waals surface area contributed by atoms with Crippen molar-refractivity contribution < 1.29 is 4.21 Å². The minimum Gasteiger partial charge on any atom is -0.309 e. The average Bonchev–Trinajstić information content (AvgIpc) is 2.37. The van der Waals surface area contributed by atoms with Crippen molar-refractivity contribution in [2.24, 2.45) is 0 Å². The Morgan fingerprint density at radius 3 is 2.42 bits per heavy atom. The lowest BCUT2D eigenvalue weighted by Crippen LogP contribution is -2.29. The van der Waals surface area contributed by atoms with Crippen molar-refractivity contribution in [3.63, 3.8) is 0 Å². The van der Waals surface area contributed by atoms with Crippen LogP contribution in [0.15, 0.2) is 18.2 Å². The second-order valence-electron chi connectivity index (χ2n) is 5.45. The maximum absolute atomic E-state index is 12.1. The van der Waals surface area contributed by atoms with Crippen LogP contribution in [0.25, 0.3) is 0 Å². The molecule has 0 heterocycles. The van der Waals surface area contributed by atoms with Crippen molar-refractivity contribution in [1.29, 1.82) is 0 Å². The van der Waals surface area contributed by atoms with E-state index in [1.165, 1.54) is 16.7 Å². The summed E-state index contributed by atoms with van der Waals surface area (Å²) in [5.41, 5.74) is 3.87. The van der Waals surface area contributed by atoms with Crippen molar-refractivity contribution in [2.75, 3.05) is 12.3 Å². The fourth-order valence-corrected chi connectivity index (χ4v) is 2.95. The first kappa shape index (κ1) is 16.4. The van der Waals surface area contributed by atoms with E-state index in [2.05, 4.69) is 44.3 Å². The van der Waals surface area contributed by atoms with E-state index in [-0.39, 0.29) is 11.3 Å². The monoisotopic (exact) mass is 281 g/mol. The van der Waals surface area contributed by atoms with Gasteiger partial charge >= 0.3 is 0 Å². The fourth-order valence-electron chi connectivity index (χ4n) is 1.93. The molecule has 0 fully saturated rings. The van der Waals surface area contributed by atoms with Gasteiger partial charge in [0.1, 0.15) is 0 Å². The van der Waals surface area contributed by atoms with Crippen molar-refractivity contribution in [3.8, 4) is 0 Å². The molecule has 3 heteroatoms. The molecule has 0 aromatic heterocycles. The average molecular weight is 281 g/mol. The molecule has 1 N–H and O–H groups in total. The molecule has 2 unspecified atom stereocenters. The van der Waals surface area contributed by atoms with Gasteiger partial charge in [0.25, 0.3) is 0 Å². The van der Waals surface area contributed by atoms with Crippen LogP contribution in [-0.2, 0) is 10.8 Å². The van der Waals surface area contributed by atoms with Gasteiger partial charge in [-0.05, 0) is 43.5 Å². The first-order valence-electron chi connectivity index (χ1n) is 7.13. The maximum Gasteiger partial charge on any atom is 0.0437 e. The van der Waals surface area contributed by atoms with Crippen molar-refractivity contribution in [3.05, 3.63) is 34.9 Å². The van der Waals surface area contributed by atoms with Gasteiger partial charge in [-0.2, -0.15) is 0 Å². The highest BCUT2D eigenvalue weighted by Gasteiger charge is 2.16. The lowest BCUT2D eigenvalue weighted by molar-refractivity contribution is 0.568. The Bertz CT molecular complexity index is 429. The summed E-state index contributed by atoms with van der Waals surface area (Å²) in [5, 5.41) is 3.74. The van der Waals surface area contributed by atoms with Crippen LogP contribution in [0.4, 0.5) is 0 Å². The van der Waals surface area contributed by atoms with E-state index in [0.717, 1.165) is 13.0 Å². The Labute approximate surface area is 120 Å². The summed E-state index contributed by atoms with van der Waals surface area (Å²) >= 11 is 0. The van der Waals surface area contributed by atoms with Gasteiger partial charge < -0.3 is 5.32 Å². The summed E-state index contributed by atoms with van der Waals surface area (Å²) in [6.45, 7) is 11.4. The normalized spacial score (nSPS) is 14.6. The molecule has 2 atom stereocenters. The van der Waals surface area contributed by atoms with Gasteiger partial charge in [0.05, 0.1) is 0 Å². The van der Waals surface area contributed by atoms with Gasteiger partial charge in [0.15, 0.2) is 0 Å². The fraction of sp³-hybridized carbons (Fsp3) is 0.625. The van der Waals surface area contributed by atoms with Crippen LogP contribution in [0.1, 0.15) is 49.9 Å². The molecule has 1 rings (SSSR count). The van der Waals surface area contributed by atoms with Crippen LogP contribution in [0, 0.1) is 13.8 Å². The Morgan fingerprint density at radius 2 is 1.89 bits per heavy atom. The molecule has 1 aromatic carbocycles. The largest absolute Gasteiger partial charge is 0.309 e. The highest BCUT2D eigenvalue weighted by Crippen LogP contribution is 2.19. The molecular formula is C16H27NOS. The van der Waals surface area contributed by atoms with E-state index < -0.39 is 10.8 Å². The second-order valence-corrected chi connectivity index (χ2v) is 7.48. The molecular weight excluding hydrogens is 254 g/mol. The van der Waals surface area contributed by atoms with E-state index in [4.69, 9.17) is 0 Å². The molecule has 0 aliphatic rings. The van der Waals surface area contributed by atoms with E-state index in [1.54, 1.807) is 0 Å². The molecule has 0 saturated heterocycles. The minimum atomic E-state index is -0.780. The van der Waals surface area contributed by atoms with Crippen molar-refractivity contribution in [1.82, 2.24) is 5.32 Å². The zero-order chi connectivity index (χ0) is 14.4. The third-order valence-electron chi connectivity index (χ3n) is 3.43. The first-order chi connectivity index (χ1) is 8.95. The Morgan fingerprint density at radius 1 is 1.21 bits per heavy atom. The Balaban J connectivity index is 2.88. The SMILES string of the molecule is CCCNC(CS(=O)C(C)C)c1ccc(C)c(C)c1. The lowest BCUT2D eigenvalue weighted by Gasteiger charge is -2.20. The van der Waals surface area contributed by atoms with Gasteiger partial charge in [0, 0.05) is 27.8 Å². The third kappa shape index (κ3) is 5.07. The van der Waals surface area contributed by atoms with E-state index in [9.17, 15) is 4.21 Å². The van der Waals surface area contributed by atoms with E-state index >= 15 is 0 Å². The van der Waals surface area contributed by atoms with Crippen LogP contribution < -0.4 is 5.32 Å². The standard InChI is InChI=1S/C16H27NOS/c1-6-9-17-16(11-19(18)12(2)3)15-8-7-13(4)14(5)10-15/h7-8,10,12,16-17H,6,9,11H2,1-5H3. The van der Waals surface area contributed by atoms with E-state index in [0.29, 0.717) is 5.75 Å². The molecule has 108 valence electrons. The number of hydrogen-bond acceptors (Lipinski definition) is 2. The van der Waals surface area contributed by atoms with Crippen LogP contribution in [0.2, 0.25) is 0 Å². The van der Waals surface area contributed by atoms with Crippen molar-refractivity contribution >= 4 is 10.8 Å². The van der Waals surface area contributed by atoms with Gasteiger partial charge in [-0.1, -0.05) is 39.0 Å². The minimum absolute atomic E-state index is 0.197. The molecule has 0 radical (unpaired) electrons. The van der Waals surface area contributed by atoms with E-state index in [1.807, 2.05) is 13.8 Å². The van der Waals surface area contributed by atoms with Gasteiger partial charge in [-0.15, -0.1) is 0 Å². The summed E-state index contributed by atoms with van der Waals surface area (Å²) < 4.78 is 12.1. The predicted molar refractivity (Wildman–Crippen MR) is 85.1 cm³/mol. The second kappa shape index (κ2) is 7.81.